The Labute approximate surface area is 602 Å². The van der Waals surface area contributed by atoms with E-state index in [9.17, 15) is 38.4 Å². The molecule has 28 heteroatoms. The van der Waals surface area contributed by atoms with Crippen LogP contribution in [0.25, 0.3) is 0 Å². The van der Waals surface area contributed by atoms with Gasteiger partial charge in [0.05, 0.1) is 13.1 Å². The van der Waals surface area contributed by atoms with E-state index >= 15 is 0 Å². The van der Waals surface area contributed by atoms with Crippen LogP contribution in [0.3, 0.4) is 0 Å². The molecule has 2 saturated carbocycles. The first-order chi connectivity index (χ1) is 49.0. The number of hydrogen-bond acceptors (Lipinski definition) is 20. The van der Waals surface area contributed by atoms with E-state index in [0.717, 1.165) is 86.5 Å². The number of unbranched alkanes of at least 4 members (excludes halogenated alkanes) is 6. The van der Waals surface area contributed by atoms with E-state index in [1.807, 2.05) is 62.4 Å². The second-order valence-corrected chi connectivity index (χ2v) is 29.0. The van der Waals surface area contributed by atoms with Crippen LogP contribution in [-0.4, -0.2) is 172 Å². The summed E-state index contributed by atoms with van der Waals surface area (Å²) in [5.74, 6) is 1.49. The van der Waals surface area contributed by atoms with Crippen LogP contribution in [0, 0.1) is 11.8 Å². The monoisotopic (exact) mass is 1430 g/mol. The van der Waals surface area contributed by atoms with Gasteiger partial charge in [-0.05, 0) is 152 Å². The van der Waals surface area contributed by atoms with Crippen molar-refractivity contribution in [2.45, 2.75) is 243 Å². The highest BCUT2D eigenvalue weighted by Crippen LogP contribution is 2.48. The van der Waals surface area contributed by atoms with Crippen molar-refractivity contribution in [2.24, 2.45) is 11.8 Å². The van der Waals surface area contributed by atoms with Gasteiger partial charge in [0.1, 0.15) is 60.8 Å². The largest absolute Gasteiger partial charge is 0.486 e. The molecule has 0 spiro atoms. The molecule has 562 valence electrons. The van der Waals surface area contributed by atoms with Crippen LogP contribution in [-0.2, 0) is 83.5 Å². The Bertz CT molecular complexity index is 3420. The minimum absolute atomic E-state index is 0.0202. The zero-order valence-electron chi connectivity index (χ0n) is 60.7. The molecule has 0 bridgehead atoms. The number of benzene rings is 2. The minimum atomic E-state index is -0.922. The highest BCUT2D eigenvalue weighted by atomic mass is 16.7. The number of ether oxygens (including phenoxy) is 8. The molecule has 6 aliphatic heterocycles. The van der Waals surface area contributed by atoms with Crippen molar-refractivity contribution in [3.63, 3.8) is 0 Å². The number of carbonyl (C=O) groups excluding carboxylic acids is 12. The molecule has 4 fully saturated rings. The molecule has 28 nitrogen and oxygen atoms in total. The molecule has 2 aliphatic carbocycles. The second-order valence-electron chi connectivity index (χ2n) is 29.0. The minimum Gasteiger partial charge on any atom is -0.486 e. The van der Waals surface area contributed by atoms with Crippen molar-refractivity contribution in [3.05, 3.63) is 97.1 Å². The Morgan fingerprint density at radius 1 is 0.544 bits per heavy atom. The Kier molecular flexibility index (Phi) is 28.5. The summed E-state index contributed by atoms with van der Waals surface area (Å²) in [4.78, 5) is 148. The van der Waals surface area contributed by atoms with Crippen LogP contribution in [0.15, 0.2) is 74.9 Å². The molecule has 2 aromatic carbocycles. The van der Waals surface area contributed by atoms with Crippen LogP contribution >= 0.6 is 0 Å². The third kappa shape index (κ3) is 21.9. The fraction of sp³-hybridized carbons (Fsp3) is 0.600. The van der Waals surface area contributed by atoms with Crippen molar-refractivity contribution in [1.82, 2.24) is 40.9 Å². The molecule has 0 radical (unpaired) electrons. The normalized spacial score (nSPS) is 23.1. The summed E-state index contributed by atoms with van der Waals surface area (Å²) in [5, 5.41) is 11.9. The lowest BCUT2D eigenvalue weighted by Crippen LogP contribution is -2.55. The number of carbonyl (C=O) groups is 8. The summed E-state index contributed by atoms with van der Waals surface area (Å²) >= 11 is 0. The van der Waals surface area contributed by atoms with E-state index in [0.29, 0.717) is 88.1 Å². The van der Waals surface area contributed by atoms with E-state index in [2.05, 4.69) is 47.6 Å². The Balaban J connectivity index is 0.000000268. The van der Waals surface area contributed by atoms with Gasteiger partial charge in [0.15, 0.2) is 23.0 Å². The van der Waals surface area contributed by atoms with Crippen molar-refractivity contribution in [3.8, 4) is 23.0 Å². The van der Waals surface area contributed by atoms with Crippen molar-refractivity contribution in [1.29, 1.82) is 0 Å². The highest BCUT2D eigenvalue weighted by molar-refractivity contribution is 5.94. The van der Waals surface area contributed by atoms with Gasteiger partial charge in [-0.1, -0.05) is 63.8 Å². The number of fused-ring (bicyclic) bond motifs is 4. The van der Waals surface area contributed by atoms with Gasteiger partial charge in [-0.15, -0.1) is 26.3 Å². The molecule has 2 aromatic rings. The smallest absolute Gasteiger partial charge is 0.410 e. The molecule has 103 heavy (non-hydrogen) atoms. The van der Waals surface area contributed by atoms with Crippen LogP contribution in [0.2, 0.25) is 0 Å². The predicted octanol–water partition coefficient (Wildman–Crippen LogP) is 9.55. The number of alkyl carbamates (subject to hydrolysis) is 2. The summed E-state index contributed by atoms with van der Waals surface area (Å²) < 4.78 is 45.3. The lowest BCUT2D eigenvalue weighted by atomic mass is 10.0. The van der Waals surface area contributed by atoms with Crippen LogP contribution in [0.5, 0.6) is 23.0 Å². The SMILES string of the molecule is C=CCCCCC[C@H](NC(=O)OC(C)(C)C)C(=O)N1C[C@H](OC(=O)N2Cc3cc4c(cc3C2)OCCO4)C[C@H]1C(=O)N[C@]1(CC)C[C@H]1C=C.C=CCCCCC[C@H](NC(=O)OC(C)(C)C)C(=O)N1C[C@H](OC(=O)N2Cc3cc4c(cc3C2)OCO4)C[C@H]1C(=O)N[C@]1(CC)C[C@H]1C=C.O=C=O.O=C=O. The number of nitrogens with one attached hydrogen (secondary N) is 4. The standard InChI is InChI=1S/C37H52N4O8.C36H50N4O8.2CO2/c1-7-10-11-12-13-14-28(38-34(44)49-36(4,5)6)33(43)41-23-27(19-29(41)32(42)39-37(9-3)20-26(37)8-2)48-35(45)40-21-24-17-30-31(18-25(24)22-40)47-16-15-46-30;1-7-10-11-12-13-14-27(37-33(43)48-35(4,5)6)32(42)40-21-26(17-28(40)31(41)38-36(9-3)18-25(36)8-2)47-34(44)39-19-23-15-29-30(46-22-45-29)16-24(23)20-39;2*2-1-3/h7-8,17-18,26-29H,1-2,9-16,19-23H2,3-6H3,(H,38,44)(H,39,42);7-8,15-16,25-28H,1-2,9-14,17-22H2,3-6H3,(H,37,43)(H,38,41);;/t26-,27-,28+,29+,37-;25-,26-,27+,28+,36-;;/m11../s1. The summed E-state index contributed by atoms with van der Waals surface area (Å²) in [5.41, 5.74) is 1.48. The third-order valence-corrected chi connectivity index (χ3v) is 19.4. The van der Waals surface area contributed by atoms with Crippen molar-refractivity contribution in [2.75, 3.05) is 33.1 Å². The average Bonchev–Trinajstić information content (AvgIpc) is 1.61. The van der Waals surface area contributed by atoms with E-state index in [1.54, 1.807) is 51.3 Å². The number of likely N-dealkylation sites (tertiary alicyclic amines) is 2. The molecule has 6 heterocycles. The maximum atomic E-state index is 14.3. The fourth-order valence-corrected chi connectivity index (χ4v) is 13.8. The second kappa shape index (κ2) is 36.5. The zero-order valence-corrected chi connectivity index (χ0v) is 60.7. The zero-order chi connectivity index (χ0) is 75.4. The molecule has 2 saturated heterocycles. The maximum Gasteiger partial charge on any atom is 0.410 e. The number of amides is 8. The van der Waals surface area contributed by atoms with E-state index < -0.39 is 94.8 Å². The maximum absolute atomic E-state index is 14.3. The highest BCUT2D eigenvalue weighted by Gasteiger charge is 2.56. The number of rotatable bonds is 26. The average molecular weight is 1440 g/mol. The van der Waals surface area contributed by atoms with E-state index in [-0.39, 0.29) is 68.7 Å². The Morgan fingerprint density at radius 3 is 1.18 bits per heavy atom. The van der Waals surface area contributed by atoms with Crippen molar-refractivity contribution >= 4 is 60.3 Å². The molecule has 4 N–H and O–H groups in total. The molecular formula is C75H102N8O20. The first kappa shape index (κ1) is 80.6. The summed E-state index contributed by atoms with van der Waals surface area (Å²) in [6.07, 6.45) is 14.6. The predicted molar refractivity (Wildman–Crippen MR) is 371 cm³/mol. The number of hydrogen-bond donors (Lipinski definition) is 4. The van der Waals surface area contributed by atoms with E-state index in [1.165, 1.54) is 9.80 Å². The van der Waals surface area contributed by atoms with Gasteiger partial charge in [0.25, 0.3) is 0 Å². The summed E-state index contributed by atoms with van der Waals surface area (Å²) in [7, 11) is 0. The lowest BCUT2D eigenvalue weighted by molar-refractivity contribution is -0.193. The fourth-order valence-electron chi connectivity index (χ4n) is 13.8. The molecule has 8 amide bonds. The molecule has 8 aliphatic rings. The van der Waals surface area contributed by atoms with Crippen LogP contribution in [0.4, 0.5) is 19.2 Å². The quantitative estimate of drug-likeness (QED) is 0.0387. The Hall–Kier alpha value is -9.68. The van der Waals surface area contributed by atoms with E-state index in [4.69, 9.17) is 57.1 Å². The van der Waals surface area contributed by atoms with Crippen LogP contribution < -0.4 is 40.2 Å². The van der Waals surface area contributed by atoms with Gasteiger partial charge < -0.3 is 69.0 Å². The first-order valence-electron chi connectivity index (χ1n) is 35.5. The van der Waals surface area contributed by atoms with Crippen LogP contribution in [0.1, 0.15) is 180 Å². The lowest BCUT2D eigenvalue weighted by Gasteiger charge is -2.30. The van der Waals surface area contributed by atoms with Gasteiger partial charge in [-0.2, -0.15) is 19.2 Å². The topological polar surface area (TPSA) is 340 Å². The van der Waals surface area contributed by atoms with Gasteiger partial charge in [0.2, 0.25) is 30.4 Å². The first-order valence-corrected chi connectivity index (χ1v) is 35.5. The molecule has 10 rings (SSSR count). The molecule has 0 unspecified atom stereocenters. The molecule has 10 atom stereocenters. The Morgan fingerprint density at radius 2 is 0.883 bits per heavy atom. The molecule has 0 aromatic heterocycles. The number of allylic oxidation sites excluding steroid dienone is 2. The van der Waals surface area contributed by atoms with Crippen molar-refractivity contribution < 1.29 is 95.4 Å². The van der Waals surface area contributed by atoms with Gasteiger partial charge >= 0.3 is 36.7 Å². The molecular weight excluding hydrogens is 1330 g/mol. The van der Waals surface area contributed by atoms with Gasteiger partial charge in [0, 0.05) is 61.9 Å². The van der Waals surface area contributed by atoms with Gasteiger partial charge in [-0.3, -0.25) is 29.0 Å². The summed E-state index contributed by atoms with van der Waals surface area (Å²) in [6, 6.07) is 3.95. The summed E-state index contributed by atoms with van der Waals surface area (Å²) in [6.45, 7) is 32.5. The third-order valence-electron chi connectivity index (χ3n) is 19.4. The number of nitrogens with zero attached hydrogens (tertiary/aromatic N) is 4. The van der Waals surface area contributed by atoms with Gasteiger partial charge in [-0.25, -0.2) is 19.2 Å².